The van der Waals surface area contributed by atoms with Crippen molar-refractivity contribution < 1.29 is 4.79 Å². The number of nitrogens with one attached hydrogen (secondary N) is 1. The molecular weight excluding hydrogens is 330 g/mol. The lowest BCUT2D eigenvalue weighted by atomic mass is 10.1. The van der Waals surface area contributed by atoms with E-state index in [1.54, 1.807) is 18.2 Å². The Balaban J connectivity index is 1.98. The van der Waals surface area contributed by atoms with Crippen LogP contribution in [0.15, 0.2) is 46.9 Å². The highest BCUT2D eigenvalue weighted by Gasteiger charge is 2.07. The van der Waals surface area contributed by atoms with Crippen LogP contribution in [-0.4, -0.2) is 20.0 Å². The monoisotopic (exact) mass is 347 g/mol. The zero-order valence-electron chi connectivity index (χ0n) is 12.1. The summed E-state index contributed by atoms with van der Waals surface area (Å²) < 4.78 is 0.727. The van der Waals surface area contributed by atoms with E-state index >= 15 is 0 Å². The Kier molecular flexibility index (Phi) is 4.85. The third-order valence-corrected chi connectivity index (χ3v) is 3.86. The third-order valence-electron chi connectivity index (χ3n) is 3.17. The lowest BCUT2D eigenvalue weighted by Crippen LogP contribution is -2.22. The molecule has 0 aliphatic carbocycles. The number of hydrogen-bond donors (Lipinski definition) is 2. The predicted octanol–water partition coefficient (Wildman–Crippen LogP) is 3.03. The topological polar surface area (TPSA) is 58.4 Å². The van der Waals surface area contributed by atoms with Crippen LogP contribution in [0.4, 0.5) is 11.4 Å². The number of nitrogen functional groups attached to an aromatic ring is 1. The maximum absolute atomic E-state index is 12.1. The number of nitrogens with zero attached hydrogens (tertiary/aromatic N) is 1. The smallest absolute Gasteiger partial charge is 0.251 e. The van der Waals surface area contributed by atoms with Crippen molar-refractivity contribution in [1.82, 2.24) is 5.32 Å². The summed E-state index contributed by atoms with van der Waals surface area (Å²) in [5.41, 5.74) is 9.10. The first-order valence-corrected chi connectivity index (χ1v) is 7.36. The SMILES string of the molecule is CN(C)c1ccc(CNC(=O)c2ccc(N)c(Br)c2)cc1. The van der Waals surface area contributed by atoms with Crippen molar-refractivity contribution in [2.75, 3.05) is 24.7 Å². The molecule has 0 aromatic heterocycles. The van der Waals surface area contributed by atoms with Gasteiger partial charge in [-0.05, 0) is 51.8 Å². The second-order valence-electron chi connectivity index (χ2n) is 4.98. The molecule has 0 radical (unpaired) electrons. The van der Waals surface area contributed by atoms with E-state index in [0.717, 1.165) is 15.7 Å². The number of rotatable bonds is 4. The number of benzene rings is 2. The molecule has 0 heterocycles. The summed E-state index contributed by atoms with van der Waals surface area (Å²) in [7, 11) is 3.99. The quantitative estimate of drug-likeness (QED) is 0.835. The number of amides is 1. The molecule has 5 heteroatoms. The van der Waals surface area contributed by atoms with Gasteiger partial charge in [0, 0.05) is 42.1 Å². The van der Waals surface area contributed by atoms with Crippen LogP contribution in [0.3, 0.4) is 0 Å². The average molecular weight is 348 g/mol. The van der Waals surface area contributed by atoms with E-state index < -0.39 is 0 Å². The molecule has 1 amide bonds. The fourth-order valence-corrected chi connectivity index (χ4v) is 2.24. The van der Waals surface area contributed by atoms with Gasteiger partial charge >= 0.3 is 0 Å². The van der Waals surface area contributed by atoms with Gasteiger partial charge in [0.1, 0.15) is 0 Å². The highest BCUT2D eigenvalue weighted by atomic mass is 79.9. The number of anilines is 2. The molecule has 110 valence electrons. The molecule has 2 aromatic carbocycles. The van der Waals surface area contributed by atoms with Crippen LogP contribution in [0.1, 0.15) is 15.9 Å². The fraction of sp³-hybridized carbons (Fsp3) is 0.188. The second-order valence-corrected chi connectivity index (χ2v) is 5.83. The van der Waals surface area contributed by atoms with Crippen LogP contribution in [0.2, 0.25) is 0 Å². The third kappa shape index (κ3) is 3.98. The van der Waals surface area contributed by atoms with E-state index in [-0.39, 0.29) is 5.91 Å². The summed E-state index contributed by atoms with van der Waals surface area (Å²) in [6.07, 6.45) is 0. The lowest BCUT2D eigenvalue weighted by molar-refractivity contribution is 0.0951. The van der Waals surface area contributed by atoms with E-state index in [0.29, 0.717) is 17.8 Å². The van der Waals surface area contributed by atoms with Gasteiger partial charge in [-0.1, -0.05) is 12.1 Å². The van der Waals surface area contributed by atoms with Crippen molar-refractivity contribution in [3.8, 4) is 0 Å². The van der Waals surface area contributed by atoms with Crippen molar-refractivity contribution in [3.63, 3.8) is 0 Å². The van der Waals surface area contributed by atoms with Crippen LogP contribution < -0.4 is 16.0 Å². The van der Waals surface area contributed by atoms with Crippen molar-refractivity contribution in [2.45, 2.75) is 6.54 Å². The highest BCUT2D eigenvalue weighted by molar-refractivity contribution is 9.10. The lowest BCUT2D eigenvalue weighted by Gasteiger charge is -2.13. The zero-order chi connectivity index (χ0) is 15.4. The molecule has 0 fully saturated rings. The largest absolute Gasteiger partial charge is 0.398 e. The van der Waals surface area contributed by atoms with Gasteiger partial charge < -0.3 is 16.0 Å². The average Bonchev–Trinajstić information content (AvgIpc) is 2.48. The minimum absolute atomic E-state index is 0.118. The normalized spacial score (nSPS) is 10.2. The molecule has 21 heavy (non-hydrogen) atoms. The molecule has 0 atom stereocenters. The number of carbonyl (C=O) groups excluding carboxylic acids is 1. The summed E-state index contributed by atoms with van der Waals surface area (Å²) in [4.78, 5) is 14.1. The maximum atomic E-state index is 12.1. The predicted molar refractivity (Wildman–Crippen MR) is 90.5 cm³/mol. The van der Waals surface area contributed by atoms with Gasteiger partial charge in [0.05, 0.1) is 0 Å². The Bertz CT molecular complexity index is 638. The van der Waals surface area contributed by atoms with Gasteiger partial charge in [0.2, 0.25) is 0 Å². The fourth-order valence-electron chi connectivity index (χ4n) is 1.86. The Morgan fingerprint density at radius 1 is 1.19 bits per heavy atom. The molecule has 0 spiro atoms. The molecular formula is C16H18BrN3O. The highest BCUT2D eigenvalue weighted by Crippen LogP contribution is 2.20. The molecule has 0 saturated heterocycles. The van der Waals surface area contributed by atoms with Gasteiger partial charge in [-0.25, -0.2) is 0 Å². The molecule has 3 N–H and O–H groups in total. The number of carbonyl (C=O) groups is 1. The van der Waals surface area contributed by atoms with E-state index in [4.69, 9.17) is 5.73 Å². The van der Waals surface area contributed by atoms with Crippen LogP contribution in [0.5, 0.6) is 0 Å². The van der Waals surface area contributed by atoms with E-state index in [9.17, 15) is 4.79 Å². The summed E-state index contributed by atoms with van der Waals surface area (Å²) in [6.45, 7) is 0.495. The minimum atomic E-state index is -0.118. The van der Waals surface area contributed by atoms with Crippen molar-refractivity contribution in [1.29, 1.82) is 0 Å². The number of nitrogens with two attached hydrogens (primary N) is 1. The molecule has 0 saturated carbocycles. The van der Waals surface area contributed by atoms with Crippen molar-refractivity contribution >= 4 is 33.2 Å². The van der Waals surface area contributed by atoms with Gasteiger partial charge in [-0.2, -0.15) is 0 Å². The first kappa shape index (κ1) is 15.4. The Hall–Kier alpha value is -2.01. The Labute approximate surface area is 133 Å². The molecule has 0 aliphatic heterocycles. The van der Waals surface area contributed by atoms with Crippen LogP contribution in [0.25, 0.3) is 0 Å². The summed E-state index contributed by atoms with van der Waals surface area (Å²) >= 11 is 3.32. The second kappa shape index (κ2) is 6.63. The van der Waals surface area contributed by atoms with Gasteiger partial charge in [0.25, 0.3) is 5.91 Å². The molecule has 2 rings (SSSR count). The standard InChI is InChI=1S/C16H18BrN3O/c1-20(2)13-6-3-11(4-7-13)10-19-16(21)12-5-8-15(18)14(17)9-12/h3-9H,10,18H2,1-2H3,(H,19,21). The first-order valence-electron chi connectivity index (χ1n) is 6.57. The number of halogens is 1. The summed E-state index contributed by atoms with van der Waals surface area (Å²) in [5.74, 6) is -0.118. The molecule has 0 bridgehead atoms. The van der Waals surface area contributed by atoms with E-state index in [1.807, 2.05) is 43.3 Å². The number of hydrogen-bond acceptors (Lipinski definition) is 3. The van der Waals surface area contributed by atoms with Crippen LogP contribution in [0, 0.1) is 0 Å². The van der Waals surface area contributed by atoms with Gasteiger partial charge in [-0.15, -0.1) is 0 Å². The van der Waals surface area contributed by atoms with E-state index in [1.165, 1.54) is 0 Å². The van der Waals surface area contributed by atoms with E-state index in [2.05, 4.69) is 21.2 Å². The summed E-state index contributed by atoms with van der Waals surface area (Å²) in [5, 5.41) is 2.90. The first-order chi connectivity index (χ1) is 9.97. The minimum Gasteiger partial charge on any atom is -0.398 e. The Morgan fingerprint density at radius 2 is 1.86 bits per heavy atom. The van der Waals surface area contributed by atoms with Crippen LogP contribution in [-0.2, 0) is 6.54 Å². The zero-order valence-corrected chi connectivity index (χ0v) is 13.6. The molecule has 4 nitrogen and oxygen atoms in total. The van der Waals surface area contributed by atoms with Gasteiger partial charge in [-0.3, -0.25) is 4.79 Å². The van der Waals surface area contributed by atoms with Gasteiger partial charge in [0.15, 0.2) is 0 Å². The maximum Gasteiger partial charge on any atom is 0.251 e. The molecule has 2 aromatic rings. The molecule has 0 unspecified atom stereocenters. The van der Waals surface area contributed by atoms with Crippen molar-refractivity contribution in [3.05, 3.63) is 58.1 Å². The Morgan fingerprint density at radius 3 is 2.43 bits per heavy atom. The van der Waals surface area contributed by atoms with Crippen LogP contribution >= 0.6 is 15.9 Å². The molecule has 0 aliphatic rings. The van der Waals surface area contributed by atoms with Crippen molar-refractivity contribution in [2.24, 2.45) is 0 Å². The summed E-state index contributed by atoms with van der Waals surface area (Å²) in [6, 6.07) is 13.2.